The molecule has 0 aromatic heterocycles. The third-order valence-corrected chi connectivity index (χ3v) is 4.50. The summed E-state index contributed by atoms with van der Waals surface area (Å²) < 4.78 is 0. The molecule has 2 N–H and O–H groups in total. The van der Waals surface area contributed by atoms with Crippen molar-refractivity contribution in [3.05, 3.63) is 0 Å². The standard InChI is InChI=1S/C13H23N3/c1-2-11(6-7-14)16-8-10-4-3-5-13(15)12(10)9-16/h10-13H,2-6,8-9,15H2,1H3. The summed E-state index contributed by atoms with van der Waals surface area (Å²) in [6, 6.07) is 3.18. The summed E-state index contributed by atoms with van der Waals surface area (Å²) >= 11 is 0. The van der Waals surface area contributed by atoms with Crippen molar-refractivity contribution in [2.24, 2.45) is 17.6 Å². The van der Waals surface area contributed by atoms with Crippen LogP contribution in [-0.2, 0) is 0 Å². The van der Waals surface area contributed by atoms with Crippen LogP contribution in [0.15, 0.2) is 0 Å². The maximum Gasteiger partial charge on any atom is 0.0638 e. The van der Waals surface area contributed by atoms with Crippen LogP contribution in [0.1, 0.15) is 39.0 Å². The molecule has 1 aliphatic carbocycles. The summed E-state index contributed by atoms with van der Waals surface area (Å²) in [6.07, 6.45) is 5.60. The Hall–Kier alpha value is -0.590. The Kier molecular flexibility index (Phi) is 3.83. The van der Waals surface area contributed by atoms with Gasteiger partial charge in [-0.15, -0.1) is 0 Å². The van der Waals surface area contributed by atoms with Gasteiger partial charge in [-0.05, 0) is 31.1 Å². The number of hydrogen-bond acceptors (Lipinski definition) is 3. The highest BCUT2D eigenvalue weighted by Gasteiger charge is 2.40. The van der Waals surface area contributed by atoms with E-state index < -0.39 is 0 Å². The molecular formula is C13H23N3. The number of nitrogens with two attached hydrogens (primary N) is 1. The van der Waals surface area contributed by atoms with Crippen LogP contribution in [0.3, 0.4) is 0 Å². The SMILES string of the molecule is CCC(CC#N)N1CC2CCCC(N)C2C1. The minimum atomic E-state index is 0.406. The molecule has 1 aliphatic heterocycles. The highest BCUT2D eigenvalue weighted by atomic mass is 15.2. The monoisotopic (exact) mass is 221 g/mol. The van der Waals surface area contributed by atoms with E-state index in [0.717, 1.165) is 18.9 Å². The molecule has 0 spiro atoms. The second kappa shape index (κ2) is 5.16. The van der Waals surface area contributed by atoms with Crippen molar-refractivity contribution >= 4 is 0 Å². The summed E-state index contributed by atoms with van der Waals surface area (Å²) in [5.74, 6) is 1.50. The van der Waals surface area contributed by atoms with E-state index in [4.69, 9.17) is 11.0 Å². The van der Waals surface area contributed by atoms with Gasteiger partial charge < -0.3 is 5.73 Å². The van der Waals surface area contributed by atoms with Gasteiger partial charge >= 0.3 is 0 Å². The summed E-state index contributed by atoms with van der Waals surface area (Å²) in [5, 5.41) is 8.84. The molecule has 1 heterocycles. The Morgan fingerprint density at radius 3 is 2.88 bits per heavy atom. The van der Waals surface area contributed by atoms with E-state index in [1.54, 1.807) is 0 Å². The fourth-order valence-corrected chi connectivity index (χ4v) is 3.49. The number of fused-ring (bicyclic) bond motifs is 1. The van der Waals surface area contributed by atoms with Gasteiger partial charge in [-0.3, -0.25) is 4.90 Å². The molecule has 0 amide bonds. The smallest absolute Gasteiger partial charge is 0.0638 e. The van der Waals surface area contributed by atoms with Gasteiger partial charge in [0.05, 0.1) is 12.5 Å². The third-order valence-electron chi connectivity index (χ3n) is 4.50. The van der Waals surface area contributed by atoms with Gasteiger partial charge in [0, 0.05) is 25.2 Å². The number of nitrogens with zero attached hydrogens (tertiary/aromatic N) is 2. The van der Waals surface area contributed by atoms with Gasteiger partial charge in [-0.25, -0.2) is 0 Å². The fraction of sp³-hybridized carbons (Fsp3) is 0.923. The van der Waals surface area contributed by atoms with E-state index in [1.165, 1.54) is 25.8 Å². The van der Waals surface area contributed by atoms with Crippen molar-refractivity contribution in [2.75, 3.05) is 13.1 Å². The molecule has 1 saturated carbocycles. The summed E-state index contributed by atoms with van der Waals surface area (Å²) in [4.78, 5) is 2.52. The zero-order valence-electron chi connectivity index (χ0n) is 10.2. The van der Waals surface area contributed by atoms with Crippen LogP contribution in [0.2, 0.25) is 0 Å². The first-order valence-electron chi connectivity index (χ1n) is 6.62. The Morgan fingerprint density at radius 2 is 2.25 bits per heavy atom. The van der Waals surface area contributed by atoms with Crippen molar-refractivity contribution < 1.29 is 0 Å². The molecule has 0 aromatic rings. The molecule has 3 nitrogen and oxygen atoms in total. The van der Waals surface area contributed by atoms with E-state index in [1.807, 2.05) is 0 Å². The van der Waals surface area contributed by atoms with E-state index in [2.05, 4.69) is 17.9 Å². The molecule has 3 heteroatoms. The van der Waals surface area contributed by atoms with Crippen molar-refractivity contribution in [1.82, 2.24) is 4.90 Å². The maximum absolute atomic E-state index is 8.84. The van der Waals surface area contributed by atoms with Crippen LogP contribution in [0, 0.1) is 23.2 Å². The second-order valence-electron chi connectivity index (χ2n) is 5.40. The lowest BCUT2D eigenvalue weighted by atomic mass is 9.78. The molecule has 0 aromatic carbocycles. The normalized spacial score (nSPS) is 36.7. The summed E-state index contributed by atoms with van der Waals surface area (Å²) in [6.45, 7) is 4.49. The van der Waals surface area contributed by atoms with Crippen LogP contribution in [-0.4, -0.2) is 30.1 Å². The van der Waals surface area contributed by atoms with Crippen molar-refractivity contribution in [1.29, 1.82) is 5.26 Å². The Morgan fingerprint density at radius 1 is 1.44 bits per heavy atom. The predicted molar refractivity (Wildman–Crippen MR) is 64.7 cm³/mol. The first-order chi connectivity index (χ1) is 7.76. The van der Waals surface area contributed by atoms with Crippen molar-refractivity contribution in [3.63, 3.8) is 0 Å². The molecule has 2 aliphatic rings. The van der Waals surface area contributed by atoms with Crippen LogP contribution in [0.5, 0.6) is 0 Å². The number of likely N-dealkylation sites (tertiary alicyclic amines) is 1. The molecule has 90 valence electrons. The molecule has 1 saturated heterocycles. The van der Waals surface area contributed by atoms with Gasteiger partial charge in [0.15, 0.2) is 0 Å². The molecule has 16 heavy (non-hydrogen) atoms. The van der Waals surface area contributed by atoms with E-state index in [9.17, 15) is 0 Å². The Labute approximate surface area is 98.6 Å². The first-order valence-corrected chi connectivity index (χ1v) is 6.62. The molecular weight excluding hydrogens is 198 g/mol. The summed E-state index contributed by atoms with van der Waals surface area (Å²) in [7, 11) is 0. The Balaban J connectivity index is 1.97. The van der Waals surface area contributed by atoms with E-state index in [-0.39, 0.29) is 0 Å². The topological polar surface area (TPSA) is 53.0 Å². The highest BCUT2D eigenvalue weighted by Crippen LogP contribution is 2.36. The zero-order valence-corrected chi connectivity index (χ0v) is 10.2. The lowest BCUT2D eigenvalue weighted by Gasteiger charge is -2.30. The molecule has 4 atom stereocenters. The third kappa shape index (κ3) is 2.23. The number of nitriles is 1. The number of rotatable bonds is 3. The average Bonchev–Trinajstić information content (AvgIpc) is 2.71. The predicted octanol–water partition coefficient (Wildman–Crippen LogP) is 1.74. The van der Waals surface area contributed by atoms with Crippen LogP contribution in [0.25, 0.3) is 0 Å². The molecule has 0 bridgehead atoms. The minimum Gasteiger partial charge on any atom is -0.327 e. The van der Waals surface area contributed by atoms with Crippen LogP contribution in [0.4, 0.5) is 0 Å². The lowest BCUT2D eigenvalue weighted by molar-refractivity contribution is 0.225. The van der Waals surface area contributed by atoms with Crippen molar-refractivity contribution in [2.45, 2.75) is 51.1 Å². The van der Waals surface area contributed by atoms with Gasteiger partial charge in [-0.1, -0.05) is 13.3 Å². The minimum absolute atomic E-state index is 0.406. The van der Waals surface area contributed by atoms with Gasteiger partial charge in [0.1, 0.15) is 0 Å². The number of hydrogen-bond donors (Lipinski definition) is 1. The molecule has 0 radical (unpaired) electrons. The quantitative estimate of drug-likeness (QED) is 0.789. The average molecular weight is 221 g/mol. The molecule has 2 fully saturated rings. The summed E-state index contributed by atoms with van der Waals surface area (Å²) in [5.41, 5.74) is 6.21. The molecule has 2 rings (SSSR count). The van der Waals surface area contributed by atoms with Crippen LogP contribution < -0.4 is 5.73 Å². The second-order valence-corrected chi connectivity index (χ2v) is 5.40. The first kappa shape index (κ1) is 11.9. The largest absolute Gasteiger partial charge is 0.327 e. The van der Waals surface area contributed by atoms with Crippen LogP contribution >= 0.6 is 0 Å². The Bertz CT molecular complexity index is 271. The lowest BCUT2D eigenvalue weighted by Crippen LogP contribution is -2.39. The van der Waals surface area contributed by atoms with Gasteiger partial charge in [0.2, 0.25) is 0 Å². The van der Waals surface area contributed by atoms with E-state index in [0.29, 0.717) is 24.4 Å². The highest BCUT2D eigenvalue weighted by molar-refractivity contribution is 4.96. The van der Waals surface area contributed by atoms with Crippen molar-refractivity contribution in [3.8, 4) is 6.07 Å². The van der Waals surface area contributed by atoms with Gasteiger partial charge in [-0.2, -0.15) is 5.26 Å². The molecule has 4 unspecified atom stereocenters. The fourth-order valence-electron chi connectivity index (χ4n) is 3.49. The zero-order chi connectivity index (χ0) is 11.5. The van der Waals surface area contributed by atoms with Gasteiger partial charge in [0.25, 0.3) is 0 Å². The van der Waals surface area contributed by atoms with E-state index >= 15 is 0 Å². The maximum atomic E-state index is 8.84.